The van der Waals surface area contributed by atoms with Crippen molar-refractivity contribution in [3.05, 3.63) is 52.2 Å². The number of hydrogen-bond acceptors (Lipinski definition) is 4. The molecule has 0 fully saturated rings. The lowest BCUT2D eigenvalue weighted by Crippen LogP contribution is -2.28. The molecule has 124 valence electrons. The number of carbonyl (C=O) groups is 1. The van der Waals surface area contributed by atoms with Gasteiger partial charge in [-0.05, 0) is 60.4 Å². The lowest BCUT2D eigenvalue weighted by atomic mass is 10.1. The first-order valence-corrected chi connectivity index (χ1v) is 8.71. The van der Waals surface area contributed by atoms with Gasteiger partial charge in [-0.25, -0.2) is 0 Å². The van der Waals surface area contributed by atoms with Gasteiger partial charge < -0.3 is 15.2 Å². The molecule has 2 N–H and O–H groups in total. The summed E-state index contributed by atoms with van der Waals surface area (Å²) >= 11 is 1.63. The topological polar surface area (TPSA) is 58.6 Å². The molecular formula is C18H23NO3S. The normalized spacial score (nSPS) is 12.2. The van der Waals surface area contributed by atoms with Crippen molar-refractivity contribution in [3.8, 4) is 5.75 Å². The van der Waals surface area contributed by atoms with E-state index in [-0.39, 0.29) is 18.6 Å². The van der Waals surface area contributed by atoms with Crippen LogP contribution >= 0.6 is 11.3 Å². The van der Waals surface area contributed by atoms with E-state index in [1.165, 1.54) is 5.56 Å². The molecule has 1 unspecified atom stereocenters. The minimum atomic E-state index is -0.740. The maximum atomic E-state index is 11.8. The molecule has 1 heterocycles. The molecule has 0 saturated carbocycles. The quantitative estimate of drug-likeness (QED) is 0.779. The molecule has 2 rings (SSSR count). The van der Waals surface area contributed by atoms with Crippen LogP contribution in [0.2, 0.25) is 0 Å². The van der Waals surface area contributed by atoms with Gasteiger partial charge in [0.15, 0.2) is 0 Å². The Morgan fingerprint density at radius 2 is 2.17 bits per heavy atom. The highest BCUT2D eigenvalue weighted by Crippen LogP contribution is 2.20. The molecule has 23 heavy (non-hydrogen) atoms. The lowest BCUT2D eigenvalue weighted by Gasteiger charge is -2.15. The van der Waals surface area contributed by atoms with E-state index >= 15 is 0 Å². The lowest BCUT2D eigenvalue weighted by molar-refractivity contribution is -0.121. The number of amides is 1. The number of aryl methyl sites for hydroxylation is 1. The van der Waals surface area contributed by atoms with Crippen LogP contribution in [0, 0.1) is 0 Å². The molecule has 4 nitrogen and oxygen atoms in total. The van der Waals surface area contributed by atoms with Gasteiger partial charge in [0.05, 0.1) is 12.2 Å². The monoisotopic (exact) mass is 333 g/mol. The van der Waals surface area contributed by atoms with Gasteiger partial charge >= 0.3 is 0 Å². The van der Waals surface area contributed by atoms with E-state index < -0.39 is 6.10 Å². The molecular weight excluding hydrogens is 310 g/mol. The fraction of sp³-hybridized carbons (Fsp3) is 0.389. The molecule has 0 bridgehead atoms. The Morgan fingerprint density at radius 3 is 2.87 bits per heavy atom. The number of nitrogens with one attached hydrogen (secondary N) is 1. The minimum Gasteiger partial charge on any atom is -0.491 e. The van der Waals surface area contributed by atoms with Gasteiger partial charge in [0, 0.05) is 13.0 Å². The van der Waals surface area contributed by atoms with Crippen molar-refractivity contribution in [1.82, 2.24) is 5.32 Å². The third-order valence-electron chi connectivity index (χ3n) is 3.33. The summed E-state index contributed by atoms with van der Waals surface area (Å²) in [6, 6.07) is 9.36. The predicted octanol–water partition coefficient (Wildman–Crippen LogP) is 3.32. The largest absolute Gasteiger partial charge is 0.491 e. The fourth-order valence-corrected chi connectivity index (χ4v) is 2.88. The van der Waals surface area contributed by atoms with E-state index in [2.05, 4.69) is 5.32 Å². The summed E-state index contributed by atoms with van der Waals surface area (Å²) in [7, 11) is 0. The van der Waals surface area contributed by atoms with Gasteiger partial charge in [0.2, 0.25) is 5.91 Å². The van der Waals surface area contributed by atoms with Crippen LogP contribution in [0.4, 0.5) is 0 Å². The van der Waals surface area contributed by atoms with E-state index in [0.29, 0.717) is 6.42 Å². The van der Waals surface area contributed by atoms with Crippen molar-refractivity contribution in [2.24, 2.45) is 0 Å². The van der Waals surface area contributed by atoms with Gasteiger partial charge in [0.1, 0.15) is 5.75 Å². The summed E-state index contributed by atoms with van der Waals surface area (Å²) in [6.45, 7) is 4.11. The number of carbonyl (C=O) groups excluding carboxylic acids is 1. The van der Waals surface area contributed by atoms with E-state index in [1.807, 2.05) is 54.9 Å². The zero-order valence-electron chi connectivity index (χ0n) is 13.5. The third kappa shape index (κ3) is 6.04. The first kappa shape index (κ1) is 17.5. The van der Waals surface area contributed by atoms with Gasteiger partial charge in [-0.1, -0.05) is 12.1 Å². The van der Waals surface area contributed by atoms with Crippen molar-refractivity contribution in [2.75, 3.05) is 6.54 Å². The Kier molecular flexibility index (Phi) is 6.62. The van der Waals surface area contributed by atoms with Crippen LogP contribution in [0.5, 0.6) is 5.75 Å². The predicted molar refractivity (Wildman–Crippen MR) is 92.8 cm³/mol. The van der Waals surface area contributed by atoms with Crippen LogP contribution in [0.3, 0.4) is 0 Å². The smallest absolute Gasteiger partial charge is 0.220 e. The Balaban J connectivity index is 1.79. The van der Waals surface area contributed by atoms with Crippen molar-refractivity contribution in [3.63, 3.8) is 0 Å². The molecule has 2 aromatic rings. The summed E-state index contributed by atoms with van der Waals surface area (Å²) in [5.41, 5.74) is 1.91. The molecule has 0 spiro atoms. The highest BCUT2D eigenvalue weighted by Gasteiger charge is 2.11. The first-order valence-electron chi connectivity index (χ1n) is 7.77. The van der Waals surface area contributed by atoms with Crippen LogP contribution in [0.15, 0.2) is 41.1 Å². The van der Waals surface area contributed by atoms with Crippen molar-refractivity contribution in [2.45, 2.75) is 38.9 Å². The molecule has 0 radical (unpaired) electrons. The van der Waals surface area contributed by atoms with Crippen molar-refractivity contribution < 1.29 is 14.6 Å². The zero-order chi connectivity index (χ0) is 16.7. The van der Waals surface area contributed by atoms with Crippen LogP contribution in [-0.4, -0.2) is 23.7 Å². The average Bonchev–Trinajstić information content (AvgIpc) is 3.03. The number of hydrogen-bond donors (Lipinski definition) is 2. The Labute approximate surface area is 141 Å². The van der Waals surface area contributed by atoms with Crippen LogP contribution in [0.25, 0.3) is 0 Å². The number of aliphatic hydroxyl groups is 1. The summed E-state index contributed by atoms with van der Waals surface area (Å²) in [6.07, 6.45) is 0.498. The number of thiophene rings is 1. The van der Waals surface area contributed by atoms with Gasteiger partial charge in [-0.3, -0.25) is 4.79 Å². The highest BCUT2D eigenvalue weighted by molar-refractivity contribution is 7.07. The second-order valence-corrected chi connectivity index (χ2v) is 6.47. The average molecular weight is 333 g/mol. The maximum absolute atomic E-state index is 11.8. The molecule has 0 aliphatic heterocycles. The van der Waals surface area contributed by atoms with Crippen LogP contribution in [0.1, 0.15) is 37.5 Å². The maximum Gasteiger partial charge on any atom is 0.220 e. The number of rotatable bonds is 8. The van der Waals surface area contributed by atoms with Crippen molar-refractivity contribution >= 4 is 17.2 Å². The summed E-state index contributed by atoms with van der Waals surface area (Å²) in [5, 5.41) is 17.0. The summed E-state index contributed by atoms with van der Waals surface area (Å²) in [4.78, 5) is 11.8. The van der Waals surface area contributed by atoms with Crippen LogP contribution < -0.4 is 10.1 Å². The van der Waals surface area contributed by atoms with Crippen molar-refractivity contribution in [1.29, 1.82) is 0 Å². The molecule has 0 aliphatic carbocycles. The first-order chi connectivity index (χ1) is 11.0. The van der Waals surface area contributed by atoms with E-state index in [0.717, 1.165) is 17.7 Å². The minimum absolute atomic E-state index is 0.0511. The number of ether oxygens (including phenoxy) is 1. The van der Waals surface area contributed by atoms with Gasteiger partial charge in [-0.2, -0.15) is 11.3 Å². The zero-order valence-corrected chi connectivity index (χ0v) is 14.3. The van der Waals surface area contributed by atoms with E-state index in [1.54, 1.807) is 11.3 Å². The molecule has 0 aliphatic rings. The Morgan fingerprint density at radius 1 is 1.35 bits per heavy atom. The third-order valence-corrected chi connectivity index (χ3v) is 4.06. The highest BCUT2D eigenvalue weighted by atomic mass is 32.1. The Hall–Kier alpha value is -1.85. The number of aliphatic hydroxyl groups excluding tert-OH is 1. The van der Waals surface area contributed by atoms with E-state index in [4.69, 9.17) is 4.74 Å². The molecule has 1 aromatic heterocycles. The van der Waals surface area contributed by atoms with Gasteiger partial charge in [0.25, 0.3) is 0 Å². The Bertz CT molecular complexity index is 610. The fourth-order valence-electron chi connectivity index (χ4n) is 2.18. The second-order valence-electron chi connectivity index (χ2n) is 5.69. The summed E-state index contributed by atoms with van der Waals surface area (Å²) < 4.78 is 5.61. The molecule has 5 heteroatoms. The summed E-state index contributed by atoms with van der Waals surface area (Å²) in [5.74, 6) is 0.671. The van der Waals surface area contributed by atoms with E-state index in [9.17, 15) is 9.90 Å². The second kappa shape index (κ2) is 8.70. The molecule has 1 amide bonds. The molecule has 1 atom stereocenters. The molecule has 0 saturated heterocycles. The van der Waals surface area contributed by atoms with Gasteiger partial charge in [-0.15, -0.1) is 0 Å². The van der Waals surface area contributed by atoms with Crippen LogP contribution in [-0.2, 0) is 11.2 Å². The standard InChI is InChI=1S/C18H23NO3S/c1-13(2)22-16-5-3-4-15(10-16)17(20)11-19-18(21)7-6-14-8-9-23-12-14/h3-5,8-10,12-13,17,20H,6-7,11H2,1-2H3,(H,19,21). The number of benzene rings is 1. The SMILES string of the molecule is CC(C)Oc1cccc(C(O)CNC(=O)CCc2ccsc2)c1. The molecule has 1 aromatic carbocycles.